The fraction of sp³-hybridized carbons (Fsp3) is 0.350. The Hall–Kier alpha value is -1.88. The van der Waals surface area contributed by atoms with Gasteiger partial charge in [0.2, 0.25) is 0 Å². The second-order valence-corrected chi connectivity index (χ2v) is 7.20. The summed E-state index contributed by atoms with van der Waals surface area (Å²) < 4.78 is 2.27. The number of benzene rings is 2. The molecule has 0 radical (unpaired) electrons. The molecule has 1 unspecified atom stereocenters. The number of halogens is 1. The first kappa shape index (κ1) is 16.6. The van der Waals surface area contributed by atoms with Gasteiger partial charge < -0.3 is 9.67 Å². The highest BCUT2D eigenvalue weighted by Gasteiger charge is 2.20. The summed E-state index contributed by atoms with van der Waals surface area (Å²) in [6.45, 7) is 3.25. The van der Waals surface area contributed by atoms with Crippen molar-refractivity contribution in [3.63, 3.8) is 0 Å². The number of piperidine rings is 1. The predicted molar refractivity (Wildman–Crippen MR) is 101 cm³/mol. The number of imidazole rings is 1. The number of rotatable bonds is 4. The molecular formula is C20H22ClN3O. The number of nitrogens with zero attached hydrogens (tertiary/aromatic N) is 3. The molecule has 1 N–H and O–H groups in total. The molecule has 1 aliphatic heterocycles. The van der Waals surface area contributed by atoms with E-state index >= 15 is 0 Å². The minimum absolute atomic E-state index is 0.227. The van der Waals surface area contributed by atoms with Gasteiger partial charge >= 0.3 is 0 Å². The van der Waals surface area contributed by atoms with Crippen molar-refractivity contribution in [3.8, 4) is 0 Å². The second-order valence-electron chi connectivity index (χ2n) is 6.76. The van der Waals surface area contributed by atoms with E-state index < -0.39 is 0 Å². The van der Waals surface area contributed by atoms with Crippen LogP contribution in [-0.4, -0.2) is 38.8 Å². The van der Waals surface area contributed by atoms with E-state index in [0.717, 1.165) is 55.9 Å². The molecule has 1 atom stereocenters. The molecule has 25 heavy (non-hydrogen) atoms. The maximum Gasteiger partial charge on any atom is 0.124 e. The minimum atomic E-state index is -0.227. The van der Waals surface area contributed by atoms with Crippen molar-refractivity contribution < 1.29 is 5.11 Å². The highest BCUT2D eigenvalue weighted by molar-refractivity contribution is 6.31. The van der Waals surface area contributed by atoms with Crippen LogP contribution in [0.5, 0.6) is 0 Å². The number of aliphatic hydroxyl groups excluding tert-OH is 1. The SMILES string of the molecule is OC1CCCN(Cc2nc3cc(Cl)ccc3n2Cc2ccccc2)C1. The van der Waals surface area contributed by atoms with Crippen LogP contribution in [0.3, 0.4) is 0 Å². The molecule has 130 valence electrons. The van der Waals surface area contributed by atoms with Crippen LogP contribution in [0.4, 0.5) is 0 Å². The van der Waals surface area contributed by atoms with Crippen LogP contribution in [0.15, 0.2) is 48.5 Å². The summed E-state index contributed by atoms with van der Waals surface area (Å²) in [6.07, 6.45) is 1.70. The average molecular weight is 356 g/mol. The number of β-amino-alcohol motifs (C(OH)–C–C–N with tert-alkyl or cyclic N) is 1. The molecule has 0 aliphatic carbocycles. The van der Waals surface area contributed by atoms with Crippen molar-refractivity contribution in [1.82, 2.24) is 14.5 Å². The molecule has 1 aliphatic rings. The molecule has 4 rings (SSSR count). The summed E-state index contributed by atoms with van der Waals surface area (Å²) in [7, 11) is 0. The Balaban J connectivity index is 1.70. The summed E-state index contributed by atoms with van der Waals surface area (Å²) in [6, 6.07) is 16.3. The molecule has 0 amide bonds. The van der Waals surface area contributed by atoms with Gasteiger partial charge in [0, 0.05) is 18.1 Å². The highest BCUT2D eigenvalue weighted by atomic mass is 35.5. The van der Waals surface area contributed by atoms with Gasteiger partial charge in [-0.15, -0.1) is 0 Å². The topological polar surface area (TPSA) is 41.3 Å². The number of aromatic nitrogens is 2. The van der Waals surface area contributed by atoms with E-state index in [1.807, 2.05) is 24.3 Å². The van der Waals surface area contributed by atoms with Crippen LogP contribution >= 0.6 is 11.6 Å². The maximum absolute atomic E-state index is 9.95. The number of fused-ring (bicyclic) bond motifs is 1. The van der Waals surface area contributed by atoms with Gasteiger partial charge in [-0.25, -0.2) is 4.98 Å². The Morgan fingerprint density at radius 3 is 2.76 bits per heavy atom. The monoisotopic (exact) mass is 355 g/mol. The van der Waals surface area contributed by atoms with Crippen molar-refractivity contribution >= 4 is 22.6 Å². The third-order valence-electron chi connectivity index (χ3n) is 4.82. The molecule has 0 spiro atoms. The number of likely N-dealkylation sites (tertiary alicyclic amines) is 1. The van der Waals surface area contributed by atoms with Gasteiger partial charge in [-0.2, -0.15) is 0 Å². The quantitative estimate of drug-likeness (QED) is 0.776. The second kappa shape index (κ2) is 7.16. The summed E-state index contributed by atoms with van der Waals surface area (Å²) in [5, 5.41) is 10.7. The molecule has 1 aromatic heterocycles. The smallest absolute Gasteiger partial charge is 0.124 e. The zero-order chi connectivity index (χ0) is 17.2. The Morgan fingerprint density at radius 1 is 1.12 bits per heavy atom. The van der Waals surface area contributed by atoms with Gasteiger partial charge in [0.25, 0.3) is 0 Å². The Kier molecular flexibility index (Phi) is 4.75. The van der Waals surface area contributed by atoms with Gasteiger partial charge in [-0.3, -0.25) is 4.90 Å². The van der Waals surface area contributed by atoms with Gasteiger partial charge in [-0.05, 0) is 43.1 Å². The van der Waals surface area contributed by atoms with Crippen molar-refractivity contribution in [2.24, 2.45) is 0 Å². The molecule has 4 nitrogen and oxygen atoms in total. The van der Waals surface area contributed by atoms with Crippen molar-refractivity contribution in [2.75, 3.05) is 13.1 Å². The number of aliphatic hydroxyl groups is 1. The lowest BCUT2D eigenvalue weighted by Crippen LogP contribution is -2.38. The molecular weight excluding hydrogens is 334 g/mol. The van der Waals surface area contributed by atoms with Crippen molar-refractivity contribution in [1.29, 1.82) is 0 Å². The van der Waals surface area contributed by atoms with Crippen LogP contribution < -0.4 is 0 Å². The van der Waals surface area contributed by atoms with E-state index in [0.29, 0.717) is 5.02 Å². The third kappa shape index (κ3) is 3.71. The van der Waals surface area contributed by atoms with Crippen LogP contribution in [0.1, 0.15) is 24.2 Å². The van der Waals surface area contributed by atoms with Gasteiger partial charge in [-0.1, -0.05) is 41.9 Å². The fourth-order valence-electron chi connectivity index (χ4n) is 3.59. The van der Waals surface area contributed by atoms with Crippen LogP contribution in [0.25, 0.3) is 11.0 Å². The first-order valence-corrected chi connectivity index (χ1v) is 9.16. The number of hydrogen-bond donors (Lipinski definition) is 1. The largest absolute Gasteiger partial charge is 0.392 e. The molecule has 5 heteroatoms. The maximum atomic E-state index is 9.95. The Bertz CT molecular complexity index is 862. The predicted octanol–water partition coefficient (Wildman–Crippen LogP) is 3.69. The zero-order valence-corrected chi connectivity index (χ0v) is 14.9. The van der Waals surface area contributed by atoms with E-state index in [9.17, 15) is 5.11 Å². The normalized spacial score (nSPS) is 18.7. The molecule has 2 heterocycles. The lowest BCUT2D eigenvalue weighted by molar-refractivity contribution is 0.0651. The van der Waals surface area contributed by atoms with Gasteiger partial charge in [0.15, 0.2) is 0 Å². The fourth-order valence-corrected chi connectivity index (χ4v) is 3.76. The van der Waals surface area contributed by atoms with Crippen LogP contribution in [0, 0.1) is 0 Å². The molecule has 1 saturated heterocycles. The lowest BCUT2D eigenvalue weighted by Gasteiger charge is -2.29. The van der Waals surface area contributed by atoms with E-state index in [1.54, 1.807) is 0 Å². The number of hydrogen-bond acceptors (Lipinski definition) is 3. The Morgan fingerprint density at radius 2 is 1.96 bits per heavy atom. The molecule has 3 aromatic rings. The molecule has 0 saturated carbocycles. The van der Waals surface area contributed by atoms with E-state index in [4.69, 9.17) is 16.6 Å². The molecule has 0 bridgehead atoms. The zero-order valence-electron chi connectivity index (χ0n) is 14.1. The first-order valence-electron chi connectivity index (χ1n) is 8.78. The third-order valence-corrected chi connectivity index (χ3v) is 5.05. The standard InChI is InChI=1S/C20H22ClN3O/c21-16-8-9-19-18(11-16)22-20(14-23-10-4-7-17(25)13-23)24(19)12-15-5-2-1-3-6-15/h1-3,5-6,8-9,11,17,25H,4,7,10,12-14H2. The van der Waals surface area contributed by atoms with Crippen LogP contribution in [0.2, 0.25) is 5.02 Å². The lowest BCUT2D eigenvalue weighted by atomic mass is 10.1. The first-order chi connectivity index (χ1) is 12.2. The van der Waals surface area contributed by atoms with Gasteiger partial charge in [0.1, 0.15) is 5.82 Å². The summed E-state index contributed by atoms with van der Waals surface area (Å²) in [5.41, 5.74) is 3.27. The van der Waals surface area contributed by atoms with Gasteiger partial charge in [0.05, 0.1) is 23.7 Å². The summed E-state index contributed by atoms with van der Waals surface area (Å²) >= 11 is 6.16. The van der Waals surface area contributed by atoms with E-state index in [-0.39, 0.29) is 6.10 Å². The van der Waals surface area contributed by atoms with Crippen LogP contribution in [-0.2, 0) is 13.1 Å². The molecule has 1 fully saturated rings. The highest BCUT2D eigenvalue weighted by Crippen LogP contribution is 2.23. The average Bonchev–Trinajstić information content (AvgIpc) is 2.92. The summed E-state index contributed by atoms with van der Waals surface area (Å²) in [4.78, 5) is 7.13. The minimum Gasteiger partial charge on any atom is -0.392 e. The Labute approximate surface area is 152 Å². The van der Waals surface area contributed by atoms with E-state index in [2.05, 4.69) is 33.7 Å². The van der Waals surface area contributed by atoms with Crippen molar-refractivity contribution in [2.45, 2.75) is 32.0 Å². The molecule has 2 aromatic carbocycles. The van der Waals surface area contributed by atoms with Crippen molar-refractivity contribution in [3.05, 3.63) is 64.9 Å². The summed E-state index contributed by atoms with van der Waals surface area (Å²) in [5.74, 6) is 1.02. The van der Waals surface area contributed by atoms with E-state index in [1.165, 1.54) is 5.56 Å².